The zero-order chi connectivity index (χ0) is 10.7. The summed E-state index contributed by atoms with van der Waals surface area (Å²) in [6.07, 6.45) is 2.57. The highest BCUT2D eigenvalue weighted by Crippen LogP contribution is 2.30. The third-order valence-electron chi connectivity index (χ3n) is 2.84. The molecule has 2 rings (SSSR count). The molecule has 2 N–H and O–H groups in total. The predicted molar refractivity (Wildman–Crippen MR) is 64.1 cm³/mol. The van der Waals surface area contributed by atoms with Crippen LogP contribution in [0, 0.1) is 0 Å². The number of hydrogen-bond acceptors (Lipinski definition) is 1. The summed E-state index contributed by atoms with van der Waals surface area (Å²) in [4.78, 5) is 0. The van der Waals surface area contributed by atoms with E-state index in [2.05, 4.69) is 33.4 Å². The number of rotatable bonds is 3. The molecule has 15 heavy (non-hydrogen) atoms. The molecule has 0 amide bonds. The molecule has 0 aromatic heterocycles. The first-order valence-electron chi connectivity index (χ1n) is 5.57. The van der Waals surface area contributed by atoms with Crippen LogP contribution in [0.2, 0.25) is 0 Å². The first-order valence-corrected chi connectivity index (χ1v) is 6.36. The lowest BCUT2D eigenvalue weighted by molar-refractivity contribution is -0.676. The Morgan fingerprint density at radius 2 is 2.40 bits per heavy atom. The van der Waals surface area contributed by atoms with Gasteiger partial charge in [0.05, 0.1) is 18.7 Å². The van der Waals surface area contributed by atoms with Crippen LogP contribution >= 0.6 is 15.9 Å². The summed E-state index contributed by atoms with van der Waals surface area (Å²) < 4.78 is 6.80. The SMILES string of the molecule is CCOc1ccc(Br)cc1[C@@H]1CCC[NH2+]1. The summed E-state index contributed by atoms with van der Waals surface area (Å²) in [6.45, 7) is 4.01. The number of nitrogens with two attached hydrogens (primary N) is 1. The fourth-order valence-electron chi connectivity index (χ4n) is 2.15. The van der Waals surface area contributed by atoms with Gasteiger partial charge in [0.1, 0.15) is 11.8 Å². The normalized spacial score (nSPS) is 20.5. The first-order chi connectivity index (χ1) is 7.31. The highest BCUT2D eigenvalue weighted by Gasteiger charge is 2.23. The molecule has 82 valence electrons. The molecular formula is C12H17BrNO+. The fraction of sp³-hybridized carbons (Fsp3) is 0.500. The Hall–Kier alpha value is -0.540. The molecule has 0 bridgehead atoms. The van der Waals surface area contributed by atoms with Crippen molar-refractivity contribution < 1.29 is 10.1 Å². The van der Waals surface area contributed by atoms with Crippen LogP contribution in [-0.2, 0) is 0 Å². The van der Waals surface area contributed by atoms with Gasteiger partial charge in [-0.1, -0.05) is 15.9 Å². The molecule has 0 radical (unpaired) electrons. The van der Waals surface area contributed by atoms with E-state index in [-0.39, 0.29) is 0 Å². The van der Waals surface area contributed by atoms with E-state index >= 15 is 0 Å². The van der Waals surface area contributed by atoms with Crippen molar-refractivity contribution in [3.8, 4) is 5.75 Å². The molecule has 0 unspecified atom stereocenters. The minimum atomic E-state index is 0.587. The van der Waals surface area contributed by atoms with Crippen molar-refractivity contribution in [2.24, 2.45) is 0 Å². The maximum atomic E-state index is 5.66. The first kappa shape index (κ1) is 11.0. The van der Waals surface area contributed by atoms with E-state index in [4.69, 9.17) is 4.74 Å². The van der Waals surface area contributed by atoms with Gasteiger partial charge in [-0.25, -0.2) is 0 Å². The number of hydrogen-bond donors (Lipinski definition) is 1. The molecule has 1 saturated heterocycles. The Morgan fingerprint density at radius 1 is 1.53 bits per heavy atom. The van der Waals surface area contributed by atoms with E-state index in [1.807, 2.05) is 13.0 Å². The average molecular weight is 271 g/mol. The van der Waals surface area contributed by atoms with Crippen LogP contribution in [-0.4, -0.2) is 13.2 Å². The number of ether oxygens (including phenoxy) is 1. The zero-order valence-electron chi connectivity index (χ0n) is 9.00. The van der Waals surface area contributed by atoms with E-state index in [9.17, 15) is 0 Å². The molecule has 1 aliphatic rings. The Morgan fingerprint density at radius 3 is 3.07 bits per heavy atom. The van der Waals surface area contributed by atoms with Gasteiger partial charge in [-0.15, -0.1) is 0 Å². The van der Waals surface area contributed by atoms with Crippen LogP contribution in [0.25, 0.3) is 0 Å². The number of halogens is 1. The standard InChI is InChI=1S/C12H16BrNO/c1-2-15-12-6-5-9(13)8-10(12)11-4-3-7-14-11/h5-6,8,11,14H,2-4,7H2,1H3/p+1/t11-/m0/s1. The second-order valence-electron chi connectivity index (χ2n) is 3.89. The molecule has 0 spiro atoms. The summed E-state index contributed by atoms with van der Waals surface area (Å²) in [7, 11) is 0. The molecule has 0 aliphatic carbocycles. The average Bonchev–Trinajstić information content (AvgIpc) is 2.74. The van der Waals surface area contributed by atoms with Crippen LogP contribution in [0.5, 0.6) is 5.75 Å². The third kappa shape index (κ3) is 2.52. The molecule has 2 nitrogen and oxygen atoms in total. The van der Waals surface area contributed by atoms with E-state index < -0.39 is 0 Å². The van der Waals surface area contributed by atoms with E-state index in [0.717, 1.165) is 16.8 Å². The Kier molecular flexibility index (Phi) is 3.65. The molecule has 1 fully saturated rings. The van der Waals surface area contributed by atoms with Gasteiger partial charge in [0.15, 0.2) is 0 Å². The lowest BCUT2D eigenvalue weighted by Crippen LogP contribution is -2.81. The third-order valence-corrected chi connectivity index (χ3v) is 3.33. The largest absolute Gasteiger partial charge is 0.493 e. The molecule has 1 aliphatic heterocycles. The molecule has 0 saturated carbocycles. The quantitative estimate of drug-likeness (QED) is 0.896. The van der Waals surface area contributed by atoms with Crippen molar-refractivity contribution in [1.29, 1.82) is 0 Å². The highest BCUT2D eigenvalue weighted by atomic mass is 79.9. The second-order valence-corrected chi connectivity index (χ2v) is 4.80. The molecule has 3 heteroatoms. The van der Waals surface area contributed by atoms with Crippen molar-refractivity contribution in [2.75, 3.05) is 13.2 Å². The smallest absolute Gasteiger partial charge is 0.128 e. The van der Waals surface area contributed by atoms with Crippen molar-refractivity contribution in [3.63, 3.8) is 0 Å². The second kappa shape index (κ2) is 4.99. The van der Waals surface area contributed by atoms with E-state index in [1.54, 1.807) is 0 Å². The van der Waals surface area contributed by atoms with Gasteiger partial charge in [0, 0.05) is 17.3 Å². The van der Waals surface area contributed by atoms with Crippen LogP contribution in [0.4, 0.5) is 0 Å². The number of benzene rings is 1. The molecule has 1 aromatic carbocycles. The lowest BCUT2D eigenvalue weighted by atomic mass is 10.0. The number of quaternary nitrogens is 1. The van der Waals surface area contributed by atoms with Gasteiger partial charge in [-0.2, -0.15) is 0 Å². The van der Waals surface area contributed by atoms with E-state index in [1.165, 1.54) is 24.9 Å². The van der Waals surface area contributed by atoms with Crippen molar-refractivity contribution in [2.45, 2.75) is 25.8 Å². The van der Waals surface area contributed by atoms with Crippen LogP contribution in [0.1, 0.15) is 31.4 Å². The van der Waals surface area contributed by atoms with Gasteiger partial charge < -0.3 is 10.1 Å². The summed E-state index contributed by atoms with van der Waals surface area (Å²) in [5.41, 5.74) is 1.34. The summed E-state index contributed by atoms with van der Waals surface area (Å²) in [5.74, 6) is 1.05. The predicted octanol–water partition coefficient (Wildman–Crippen LogP) is 2.25. The van der Waals surface area contributed by atoms with Gasteiger partial charge >= 0.3 is 0 Å². The Balaban J connectivity index is 2.28. The summed E-state index contributed by atoms with van der Waals surface area (Å²) >= 11 is 3.53. The van der Waals surface area contributed by atoms with Gasteiger partial charge in [0.25, 0.3) is 0 Å². The van der Waals surface area contributed by atoms with Crippen LogP contribution in [0.15, 0.2) is 22.7 Å². The van der Waals surface area contributed by atoms with Gasteiger partial charge in [0.2, 0.25) is 0 Å². The van der Waals surface area contributed by atoms with Crippen molar-refractivity contribution in [3.05, 3.63) is 28.2 Å². The van der Waals surface area contributed by atoms with E-state index in [0.29, 0.717) is 6.04 Å². The monoisotopic (exact) mass is 270 g/mol. The topological polar surface area (TPSA) is 25.8 Å². The Labute approximate surface area is 99.1 Å². The summed E-state index contributed by atoms with van der Waals surface area (Å²) in [6, 6.07) is 6.89. The molecule has 1 heterocycles. The molecule has 1 atom stereocenters. The van der Waals surface area contributed by atoms with Crippen molar-refractivity contribution >= 4 is 15.9 Å². The maximum absolute atomic E-state index is 5.66. The van der Waals surface area contributed by atoms with Crippen LogP contribution < -0.4 is 10.1 Å². The van der Waals surface area contributed by atoms with Gasteiger partial charge in [-0.05, 0) is 25.1 Å². The van der Waals surface area contributed by atoms with Crippen LogP contribution in [0.3, 0.4) is 0 Å². The van der Waals surface area contributed by atoms with Crippen molar-refractivity contribution in [1.82, 2.24) is 0 Å². The summed E-state index contributed by atoms with van der Waals surface area (Å²) in [5, 5.41) is 2.41. The molecular weight excluding hydrogens is 254 g/mol. The van der Waals surface area contributed by atoms with Gasteiger partial charge in [-0.3, -0.25) is 0 Å². The minimum Gasteiger partial charge on any atom is -0.493 e. The minimum absolute atomic E-state index is 0.587. The Bertz CT molecular complexity index is 334. The lowest BCUT2D eigenvalue weighted by Gasteiger charge is -2.13. The zero-order valence-corrected chi connectivity index (χ0v) is 10.6. The highest BCUT2D eigenvalue weighted by molar-refractivity contribution is 9.10. The maximum Gasteiger partial charge on any atom is 0.128 e. The fourth-order valence-corrected chi connectivity index (χ4v) is 2.53. The molecule has 1 aromatic rings.